The van der Waals surface area contributed by atoms with Crippen LogP contribution in [0.25, 0.3) is 0 Å². The van der Waals surface area contributed by atoms with E-state index in [9.17, 15) is 14.9 Å². The molecule has 0 aromatic heterocycles. The van der Waals surface area contributed by atoms with Gasteiger partial charge in [-0.3, -0.25) is 14.9 Å². The van der Waals surface area contributed by atoms with Gasteiger partial charge < -0.3 is 10.2 Å². The standard InChI is InChI=1S/C14H18ClN3O3/c1-10-4-2-3-7-17(10)9-14(19)16-13-6-5-11(18(20)21)8-12(13)15/h5-6,8,10H,2-4,7,9H2,1H3,(H,16,19)/p+1/t10-/m0/s1. The Bertz CT molecular complexity index is 550. The number of piperidine rings is 1. The highest BCUT2D eigenvalue weighted by Crippen LogP contribution is 2.26. The average molecular weight is 313 g/mol. The minimum Gasteiger partial charge on any atom is -0.325 e. The number of hydrogen-bond acceptors (Lipinski definition) is 3. The fourth-order valence-corrected chi connectivity index (χ4v) is 2.86. The van der Waals surface area contributed by atoms with Crippen LogP contribution in [-0.4, -0.2) is 30.0 Å². The molecule has 1 aliphatic rings. The van der Waals surface area contributed by atoms with Crippen molar-refractivity contribution in [3.05, 3.63) is 33.3 Å². The number of halogens is 1. The third-order valence-corrected chi connectivity index (χ3v) is 4.22. The summed E-state index contributed by atoms with van der Waals surface area (Å²) in [6.45, 7) is 3.55. The molecule has 2 atom stereocenters. The summed E-state index contributed by atoms with van der Waals surface area (Å²) < 4.78 is 0. The minimum atomic E-state index is -0.517. The molecule has 0 radical (unpaired) electrons. The van der Waals surface area contributed by atoms with Crippen molar-refractivity contribution in [2.45, 2.75) is 32.2 Å². The van der Waals surface area contributed by atoms with Gasteiger partial charge in [-0.2, -0.15) is 0 Å². The van der Waals surface area contributed by atoms with Gasteiger partial charge in [0.1, 0.15) is 0 Å². The lowest BCUT2D eigenvalue weighted by Crippen LogP contribution is -3.17. The van der Waals surface area contributed by atoms with Crippen LogP contribution < -0.4 is 10.2 Å². The van der Waals surface area contributed by atoms with E-state index in [-0.39, 0.29) is 16.6 Å². The van der Waals surface area contributed by atoms with Gasteiger partial charge in [0.15, 0.2) is 6.54 Å². The number of hydrogen-bond donors (Lipinski definition) is 2. The Morgan fingerprint density at radius 1 is 1.52 bits per heavy atom. The molecule has 0 bridgehead atoms. The van der Waals surface area contributed by atoms with Gasteiger partial charge in [-0.05, 0) is 32.3 Å². The molecule has 2 N–H and O–H groups in total. The molecule has 0 saturated carbocycles. The zero-order valence-electron chi connectivity index (χ0n) is 11.9. The number of non-ortho nitro benzene ring substituents is 1. The molecule has 1 amide bonds. The summed E-state index contributed by atoms with van der Waals surface area (Å²) >= 11 is 5.96. The monoisotopic (exact) mass is 312 g/mol. The topological polar surface area (TPSA) is 76.7 Å². The lowest BCUT2D eigenvalue weighted by atomic mass is 10.0. The summed E-state index contributed by atoms with van der Waals surface area (Å²) in [7, 11) is 0. The van der Waals surface area contributed by atoms with Crippen LogP contribution in [-0.2, 0) is 4.79 Å². The maximum Gasteiger partial charge on any atom is 0.279 e. The van der Waals surface area contributed by atoms with Gasteiger partial charge in [-0.25, -0.2) is 0 Å². The first-order valence-corrected chi connectivity index (χ1v) is 7.43. The molecule has 1 fully saturated rings. The number of carbonyl (C=O) groups excluding carboxylic acids is 1. The van der Waals surface area contributed by atoms with Gasteiger partial charge >= 0.3 is 0 Å². The Labute approximate surface area is 128 Å². The van der Waals surface area contributed by atoms with Crippen LogP contribution in [0.3, 0.4) is 0 Å². The fraction of sp³-hybridized carbons (Fsp3) is 0.500. The van der Waals surface area contributed by atoms with Crippen molar-refractivity contribution < 1.29 is 14.6 Å². The number of quaternary nitrogens is 1. The van der Waals surface area contributed by atoms with Gasteiger partial charge in [0.05, 0.1) is 28.2 Å². The number of likely N-dealkylation sites (tertiary alicyclic amines) is 1. The Morgan fingerprint density at radius 3 is 2.90 bits per heavy atom. The molecule has 7 heteroatoms. The van der Waals surface area contributed by atoms with E-state index in [0.717, 1.165) is 19.4 Å². The number of nitro groups is 1. The molecular formula is C14H19ClN3O3+. The summed E-state index contributed by atoms with van der Waals surface area (Å²) in [4.78, 5) is 23.5. The van der Waals surface area contributed by atoms with Crippen LogP contribution in [0.2, 0.25) is 5.02 Å². The average Bonchev–Trinajstić information content (AvgIpc) is 2.43. The molecule has 1 unspecified atom stereocenters. The Balaban J connectivity index is 1.97. The summed E-state index contributed by atoms with van der Waals surface area (Å²) in [5.41, 5.74) is 0.324. The first-order chi connectivity index (χ1) is 9.97. The van der Waals surface area contributed by atoms with Crippen LogP contribution in [0.4, 0.5) is 11.4 Å². The zero-order valence-corrected chi connectivity index (χ0v) is 12.7. The summed E-state index contributed by atoms with van der Waals surface area (Å²) in [5, 5.41) is 13.6. The quantitative estimate of drug-likeness (QED) is 0.655. The number of nitrogens with zero attached hydrogens (tertiary/aromatic N) is 1. The van der Waals surface area contributed by atoms with Crippen LogP contribution >= 0.6 is 11.6 Å². The molecular weight excluding hydrogens is 294 g/mol. The van der Waals surface area contributed by atoms with Crippen molar-refractivity contribution in [1.82, 2.24) is 0 Å². The SMILES string of the molecule is C[C@H]1CCCC[NH+]1CC(=O)Nc1ccc([N+](=O)[O-])cc1Cl. The van der Waals surface area contributed by atoms with E-state index in [4.69, 9.17) is 11.6 Å². The van der Waals surface area contributed by atoms with Gasteiger partial charge in [-0.1, -0.05) is 11.6 Å². The van der Waals surface area contributed by atoms with E-state index in [1.54, 1.807) is 0 Å². The molecule has 0 aliphatic carbocycles. The molecule has 1 saturated heterocycles. The number of rotatable bonds is 4. The predicted octanol–water partition coefficient (Wildman–Crippen LogP) is 1.64. The van der Waals surface area contributed by atoms with Gasteiger partial charge in [0.2, 0.25) is 0 Å². The number of nitro benzene ring substituents is 1. The van der Waals surface area contributed by atoms with E-state index >= 15 is 0 Å². The van der Waals surface area contributed by atoms with Crippen molar-refractivity contribution in [2.75, 3.05) is 18.4 Å². The smallest absolute Gasteiger partial charge is 0.279 e. The van der Waals surface area contributed by atoms with Crippen molar-refractivity contribution in [3.63, 3.8) is 0 Å². The van der Waals surface area contributed by atoms with E-state index in [0.29, 0.717) is 18.3 Å². The van der Waals surface area contributed by atoms with Crippen LogP contribution in [0.1, 0.15) is 26.2 Å². The number of nitrogens with one attached hydrogen (secondary N) is 2. The molecule has 21 heavy (non-hydrogen) atoms. The summed E-state index contributed by atoms with van der Waals surface area (Å²) in [6, 6.07) is 4.52. The van der Waals surface area contributed by atoms with Gasteiger partial charge in [-0.15, -0.1) is 0 Å². The second-order valence-corrected chi connectivity index (χ2v) is 5.86. The molecule has 1 aromatic rings. The first-order valence-electron chi connectivity index (χ1n) is 7.05. The molecule has 6 nitrogen and oxygen atoms in total. The number of carbonyl (C=O) groups is 1. The molecule has 0 spiro atoms. The maximum absolute atomic E-state index is 12.1. The van der Waals surface area contributed by atoms with Crippen molar-refractivity contribution >= 4 is 28.9 Å². The second kappa shape index (κ2) is 6.87. The molecule has 1 heterocycles. The second-order valence-electron chi connectivity index (χ2n) is 5.45. The summed E-state index contributed by atoms with van der Waals surface area (Å²) in [5.74, 6) is -0.116. The van der Waals surface area contributed by atoms with Crippen molar-refractivity contribution in [2.24, 2.45) is 0 Å². The van der Waals surface area contributed by atoms with Crippen LogP contribution in [0.5, 0.6) is 0 Å². The minimum absolute atomic E-state index is 0.0896. The summed E-state index contributed by atoms with van der Waals surface area (Å²) in [6.07, 6.45) is 3.51. The van der Waals surface area contributed by atoms with E-state index in [2.05, 4.69) is 12.2 Å². The third-order valence-electron chi connectivity index (χ3n) is 3.91. The highest BCUT2D eigenvalue weighted by molar-refractivity contribution is 6.33. The Kier molecular flexibility index (Phi) is 5.14. The molecule has 1 aromatic carbocycles. The zero-order chi connectivity index (χ0) is 15.4. The van der Waals surface area contributed by atoms with Crippen LogP contribution in [0.15, 0.2) is 18.2 Å². The van der Waals surface area contributed by atoms with Crippen molar-refractivity contribution in [3.8, 4) is 0 Å². The molecule has 2 rings (SSSR count). The lowest BCUT2D eigenvalue weighted by molar-refractivity contribution is -0.920. The number of anilines is 1. The van der Waals surface area contributed by atoms with Crippen LogP contribution in [0, 0.1) is 10.1 Å². The normalized spacial score (nSPS) is 21.8. The number of amides is 1. The maximum atomic E-state index is 12.1. The van der Waals surface area contributed by atoms with E-state index in [1.165, 1.54) is 29.5 Å². The van der Waals surface area contributed by atoms with Gasteiger partial charge in [0, 0.05) is 12.1 Å². The lowest BCUT2D eigenvalue weighted by Gasteiger charge is -2.29. The van der Waals surface area contributed by atoms with Gasteiger partial charge in [0.25, 0.3) is 11.6 Å². The Morgan fingerprint density at radius 2 is 2.29 bits per heavy atom. The highest BCUT2D eigenvalue weighted by atomic mass is 35.5. The third kappa shape index (κ3) is 4.15. The van der Waals surface area contributed by atoms with E-state index < -0.39 is 4.92 Å². The first kappa shape index (κ1) is 15.7. The predicted molar refractivity (Wildman–Crippen MR) is 80.7 cm³/mol. The van der Waals surface area contributed by atoms with E-state index in [1.807, 2.05) is 0 Å². The highest BCUT2D eigenvalue weighted by Gasteiger charge is 2.24. The molecule has 1 aliphatic heterocycles. The Hall–Kier alpha value is -1.66. The molecule has 114 valence electrons. The largest absolute Gasteiger partial charge is 0.325 e. The van der Waals surface area contributed by atoms with Crippen molar-refractivity contribution in [1.29, 1.82) is 0 Å². The number of benzene rings is 1. The fourth-order valence-electron chi connectivity index (χ4n) is 2.64.